The van der Waals surface area contributed by atoms with Gasteiger partial charge in [0.25, 0.3) is 0 Å². The van der Waals surface area contributed by atoms with Gasteiger partial charge < -0.3 is 39.9 Å². The number of ether oxygens (including phenoxy) is 2. The SMILES string of the molecule is CC/C=C\C/C=C\C/C=C\C/C=C\CCCCCCC(=O)OC(COC(=O)CC/C=C\C/C=C\C/C=C\C/C=C\CC)COP(=O)(O)OC1C(O)C(O)C(O)C(O)C1O. The maximum atomic E-state index is 12.8. The van der Waals surface area contributed by atoms with Gasteiger partial charge in [0.1, 0.15) is 43.2 Å². The van der Waals surface area contributed by atoms with E-state index in [0.717, 1.165) is 70.6 Å². The number of phosphoric ester groups is 1. The molecule has 0 aromatic heterocycles. The predicted molar refractivity (Wildman–Crippen MR) is 230 cm³/mol. The lowest BCUT2D eigenvalue weighted by Crippen LogP contribution is -2.64. The van der Waals surface area contributed by atoms with Crippen LogP contribution >= 0.6 is 7.82 Å². The van der Waals surface area contributed by atoms with Crippen molar-refractivity contribution in [1.82, 2.24) is 0 Å². The lowest BCUT2D eigenvalue weighted by Gasteiger charge is -2.41. The van der Waals surface area contributed by atoms with E-state index in [9.17, 15) is 44.6 Å². The second-order valence-electron chi connectivity index (χ2n) is 14.1. The first-order valence-electron chi connectivity index (χ1n) is 21.0. The van der Waals surface area contributed by atoms with Crippen LogP contribution in [0.5, 0.6) is 0 Å². The van der Waals surface area contributed by atoms with E-state index in [1.807, 2.05) is 18.2 Å². The van der Waals surface area contributed by atoms with Crippen LogP contribution in [0.2, 0.25) is 0 Å². The van der Waals surface area contributed by atoms with Gasteiger partial charge in [-0.1, -0.05) is 124 Å². The summed E-state index contributed by atoms with van der Waals surface area (Å²) in [7, 11) is -5.14. The van der Waals surface area contributed by atoms with Gasteiger partial charge in [-0.25, -0.2) is 4.57 Å². The highest BCUT2D eigenvalue weighted by molar-refractivity contribution is 7.47. The third-order valence-electron chi connectivity index (χ3n) is 8.93. The van der Waals surface area contributed by atoms with Gasteiger partial charge in [0.05, 0.1) is 6.61 Å². The van der Waals surface area contributed by atoms with Crippen molar-refractivity contribution in [2.75, 3.05) is 13.2 Å². The first-order valence-corrected chi connectivity index (χ1v) is 22.5. The van der Waals surface area contributed by atoms with Crippen LogP contribution < -0.4 is 0 Å². The topological polar surface area (TPSA) is 210 Å². The van der Waals surface area contributed by atoms with E-state index >= 15 is 0 Å². The van der Waals surface area contributed by atoms with Gasteiger partial charge in [-0.2, -0.15) is 0 Å². The Morgan fingerprint density at radius 2 is 0.949 bits per heavy atom. The zero-order chi connectivity index (χ0) is 43.6. The number of esters is 2. The Balaban J connectivity index is 2.57. The number of hydrogen-bond donors (Lipinski definition) is 6. The molecule has 6 N–H and O–H groups in total. The zero-order valence-corrected chi connectivity index (χ0v) is 35.9. The normalized spacial score (nSPS) is 23.3. The first-order chi connectivity index (χ1) is 28.4. The van der Waals surface area contributed by atoms with Crippen molar-refractivity contribution in [1.29, 1.82) is 0 Å². The summed E-state index contributed by atoms with van der Waals surface area (Å²) in [6, 6.07) is 0. The number of carbonyl (C=O) groups excluding carboxylic acids is 2. The summed E-state index contributed by atoms with van der Waals surface area (Å²) in [6.07, 6.45) is 32.0. The molecule has 0 radical (unpaired) electrons. The van der Waals surface area contributed by atoms with Crippen LogP contribution in [0.3, 0.4) is 0 Å². The molecular formula is C45H71O13P. The molecule has 0 saturated heterocycles. The molecule has 0 spiro atoms. The monoisotopic (exact) mass is 850 g/mol. The van der Waals surface area contributed by atoms with Crippen LogP contribution in [0.1, 0.15) is 117 Å². The lowest BCUT2D eigenvalue weighted by molar-refractivity contribution is -0.220. The molecule has 0 aromatic rings. The van der Waals surface area contributed by atoms with E-state index < -0.39 is 75.7 Å². The molecule has 0 aliphatic heterocycles. The maximum Gasteiger partial charge on any atom is 0.472 e. The summed E-state index contributed by atoms with van der Waals surface area (Å²) in [5.74, 6) is -1.24. The van der Waals surface area contributed by atoms with E-state index in [0.29, 0.717) is 19.3 Å². The van der Waals surface area contributed by atoms with Crippen molar-refractivity contribution in [3.63, 3.8) is 0 Å². The maximum absolute atomic E-state index is 12.8. The summed E-state index contributed by atoms with van der Waals surface area (Å²) < 4.78 is 33.3. The lowest BCUT2D eigenvalue weighted by atomic mass is 9.85. The second-order valence-corrected chi connectivity index (χ2v) is 15.5. The molecule has 0 aromatic carbocycles. The van der Waals surface area contributed by atoms with Crippen molar-refractivity contribution >= 4 is 19.8 Å². The number of rotatable bonds is 32. The number of aliphatic hydroxyl groups is 5. The van der Waals surface area contributed by atoms with Crippen molar-refractivity contribution in [2.24, 2.45) is 0 Å². The molecule has 59 heavy (non-hydrogen) atoms. The molecule has 6 unspecified atom stereocenters. The summed E-state index contributed by atoms with van der Waals surface area (Å²) >= 11 is 0. The van der Waals surface area contributed by atoms with E-state index in [1.54, 1.807) is 0 Å². The molecule has 14 heteroatoms. The highest BCUT2D eigenvalue weighted by Gasteiger charge is 2.51. The Morgan fingerprint density at radius 3 is 1.44 bits per heavy atom. The fraction of sp³-hybridized carbons (Fsp3) is 0.600. The van der Waals surface area contributed by atoms with Gasteiger partial charge >= 0.3 is 19.8 Å². The fourth-order valence-corrected chi connectivity index (χ4v) is 6.56. The van der Waals surface area contributed by atoms with Crippen molar-refractivity contribution in [3.8, 4) is 0 Å². The number of phosphoric acid groups is 1. The predicted octanol–water partition coefficient (Wildman–Crippen LogP) is 7.49. The minimum atomic E-state index is -5.14. The molecule has 0 amide bonds. The highest BCUT2D eigenvalue weighted by atomic mass is 31.2. The van der Waals surface area contributed by atoms with Crippen molar-refractivity contribution in [3.05, 3.63) is 97.2 Å². The minimum Gasteiger partial charge on any atom is -0.462 e. The molecule has 6 atom stereocenters. The average Bonchev–Trinajstić information content (AvgIpc) is 3.21. The summed E-state index contributed by atoms with van der Waals surface area (Å²) in [4.78, 5) is 35.5. The standard InChI is InChI=1S/C45H71O13P/c1-3-5-7-9-11-13-15-17-18-19-20-22-24-26-28-30-32-34-39(47)57-37(36-56-59(53,54)58-45-43(51)41(49)40(48)42(50)44(45)52)35-55-38(46)33-31-29-27-25-23-21-16-14-12-10-8-6-4-2/h5-8,11-14,17-18,20-23,27,29,37,40-45,48-52H,3-4,9-10,15-16,19,24-26,28,30-36H2,1-2H3,(H,53,54)/b7-5-,8-6-,13-11-,14-12-,18-17-,22-20-,23-21-,29-27-. The number of hydrogen-bond acceptors (Lipinski definition) is 12. The fourth-order valence-electron chi connectivity index (χ4n) is 5.58. The number of carbonyl (C=O) groups is 2. The molecule has 1 aliphatic rings. The van der Waals surface area contributed by atoms with Crippen LogP contribution in [-0.4, -0.2) is 98.3 Å². The molecule has 1 aliphatic carbocycles. The first kappa shape index (κ1) is 53.8. The molecule has 1 fully saturated rings. The number of aliphatic hydroxyl groups excluding tert-OH is 5. The third-order valence-corrected chi connectivity index (χ3v) is 9.92. The minimum absolute atomic E-state index is 0.0340. The van der Waals surface area contributed by atoms with E-state index in [4.69, 9.17) is 18.5 Å². The molecule has 1 saturated carbocycles. The zero-order valence-electron chi connectivity index (χ0n) is 35.0. The van der Waals surface area contributed by atoms with Gasteiger partial charge in [0.2, 0.25) is 0 Å². The largest absolute Gasteiger partial charge is 0.472 e. The van der Waals surface area contributed by atoms with Gasteiger partial charge in [-0.3, -0.25) is 18.6 Å². The Kier molecular flexibility index (Phi) is 31.4. The van der Waals surface area contributed by atoms with Crippen LogP contribution in [0.15, 0.2) is 97.2 Å². The van der Waals surface area contributed by atoms with E-state index in [1.165, 1.54) is 0 Å². The summed E-state index contributed by atoms with van der Waals surface area (Å²) in [5.41, 5.74) is 0. The van der Waals surface area contributed by atoms with Gasteiger partial charge in [0.15, 0.2) is 6.10 Å². The number of allylic oxidation sites excluding steroid dienone is 16. The Labute approximate surface area is 351 Å². The Hall–Kier alpha value is -3.23. The van der Waals surface area contributed by atoms with Crippen LogP contribution in [0.4, 0.5) is 0 Å². The van der Waals surface area contributed by atoms with Crippen LogP contribution in [0, 0.1) is 0 Å². The molecule has 334 valence electrons. The Morgan fingerprint density at radius 1 is 0.525 bits per heavy atom. The molecule has 0 heterocycles. The van der Waals surface area contributed by atoms with E-state index in [-0.39, 0.29) is 12.8 Å². The van der Waals surface area contributed by atoms with E-state index in [2.05, 4.69) is 92.8 Å². The molecule has 13 nitrogen and oxygen atoms in total. The molecule has 1 rings (SSSR count). The van der Waals surface area contributed by atoms with Crippen LogP contribution in [0.25, 0.3) is 0 Å². The number of unbranched alkanes of at least 4 members (excludes halogenated alkanes) is 4. The highest BCUT2D eigenvalue weighted by Crippen LogP contribution is 2.47. The quantitative estimate of drug-likeness (QED) is 0.0168. The molecular weight excluding hydrogens is 779 g/mol. The average molecular weight is 851 g/mol. The Bertz CT molecular complexity index is 1400. The summed E-state index contributed by atoms with van der Waals surface area (Å²) in [6.45, 7) is 2.95. The van der Waals surface area contributed by atoms with Gasteiger partial charge in [-0.15, -0.1) is 0 Å². The van der Waals surface area contributed by atoms with Crippen molar-refractivity contribution in [2.45, 2.75) is 159 Å². The van der Waals surface area contributed by atoms with Crippen molar-refractivity contribution < 1.29 is 63.1 Å². The second kappa shape index (κ2) is 34.5. The third kappa shape index (κ3) is 27.3. The molecule has 0 bridgehead atoms. The van der Waals surface area contributed by atoms with Gasteiger partial charge in [-0.05, 0) is 77.0 Å². The van der Waals surface area contributed by atoms with Crippen LogP contribution in [-0.2, 0) is 32.7 Å². The summed E-state index contributed by atoms with van der Waals surface area (Å²) in [5, 5.41) is 50.0. The smallest absolute Gasteiger partial charge is 0.462 e. The van der Waals surface area contributed by atoms with Gasteiger partial charge in [0, 0.05) is 12.8 Å².